The summed E-state index contributed by atoms with van der Waals surface area (Å²) in [5.41, 5.74) is 0. The van der Waals surface area contributed by atoms with E-state index in [0.29, 0.717) is 6.42 Å². The van der Waals surface area contributed by atoms with E-state index in [1.165, 1.54) is 25.7 Å². The first-order valence-corrected chi connectivity index (χ1v) is 9.59. The van der Waals surface area contributed by atoms with Crippen LogP contribution in [0.2, 0.25) is 0 Å². The van der Waals surface area contributed by atoms with Crippen molar-refractivity contribution < 1.29 is 4.79 Å². The maximum Gasteiger partial charge on any atom is 0.221 e. The molecule has 0 radical (unpaired) electrons. The molecule has 0 N–H and O–H groups in total. The van der Waals surface area contributed by atoms with E-state index in [1.807, 2.05) is 0 Å². The SMILES string of the molecule is CCCCCC=CCC=CCC(Cl)C(Cl)CCCCC(=O)Cl. The summed E-state index contributed by atoms with van der Waals surface area (Å²) >= 11 is 17.8. The Morgan fingerprint density at radius 2 is 1.68 bits per heavy atom. The van der Waals surface area contributed by atoms with Crippen molar-refractivity contribution in [3.05, 3.63) is 24.3 Å². The monoisotopic (exact) mass is 366 g/mol. The summed E-state index contributed by atoms with van der Waals surface area (Å²) in [6.07, 6.45) is 18.4. The summed E-state index contributed by atoms with van der Waals surface area (Å²) in [7, 11) is 0. The van der Waals surface area contributed by atoms with Gasteiger partial charge in [-0.2, -0.15) is 0 Å². The Bertz CT molecular complexity index is 326. The molecule has 128 valence electrons. The van der Waals surface area contributed by atoms with E-state index in [-0.39, 0.29) is 16.0 Å². The van der Waals surface area contributed by atoms with Crippen LogP contribution in [0.4, 0.5) is 0 Å². The largest absolute Gasteiger partial charge is 0.281 e. The number of carbonyl (C=O) groups is 1. The number of alkyl halides is 2. The molecule has 0 aromatic rings. The van der Waals surface area contributed by atoms with Crippen LogP contribution < -0.4 is 0 Å². The number of carbonyl (C=O) groups excluding carboxylic acids is 1. The first-order valence-electron chi connectivity index (χ1n) is 8.34. The molecular weight excluding hydrogens is 339 g/mol. The average molecular weight is 368 g/mol. The molecule has 2 atom stereocenters. The zero-order valence-electron chi connectivity index (χ0n) is 13.6. The molecule has 0 spiro atoms. The van der Waals surface area contributed by atoms with Gasteiger partial charge in [-0.1, -0.05) is 50.5 Å². The van der Waals surface area contributed by atoms with Crippen molar-refractivity contribution in [3.8, 4) is 0 Å². The van der Waals surface area contributed by atoms with E-state index in [1.54, 1.807) is 0 Å². The summed E-state index contributed by atoms with van der Waals surface area (Å²) in [6, 6.07) is 0. The van der Waals surface area contributed by atoms with Gasteiger partial charge in [-0.15, -0.1) is 23.2 Å². The molecule has 2 unspecified atom stereocenters. The average Bonchev–Trinajstić information content (AvgIpc) is 2.49. The molecule has 1 nitrogen and oxygen atoms in total. The molecular formula is C18H29Cl3O. The predicted octanol–water partition coefficient (Wildman–Crippen LogP) is 7.00. The van der Waals surface area contributed by atoms with Crippen LogP contribution in [0.1, 0.15) is 71.1 Å². The van der Waals surface area contributed by atoms with E-state index < -0.39 is 0 Å². The standard InChI is InChI=1S/C18H29Cl3O/c1-2-3-4-5-6-7-8-9-10-13-16(19)17(20)14-11-12-15-18(21)22/h6-7,9-10,16-17H,2-5,8,11-15H2,1H3. The number of rotatable bonds is 14. The molecule has 0 aliphatic carbocycles. The van der Waals surface area contributed by atoms with Crippen molar-refractivity contribution >= 4 is 40.0 Å². The minimum Gasteiger partial charge on any atom is -0.281 e. The fourth-order valence-corrected chi connectivity index (χ4v) is 2.68. The van der Waals surface area contributed by atoms with Crippen molar-refractivity contribution in [2.75, 3.05) is 0 Å². The van der Waals surface area contributed by atoms with Gasteiger partial charge in [-0.3, -0.25) is 4.79 Å². The van der Waals surface area contributed by atoms with Gasteiger partial charge >= 0.3 is 0 Å². The molecule has 0 amide bonds. The molecule has 22 heavy (non-hydrogen) atoms. The van der Waals surface area contributed by atoms with E-state index >= 15 is 0 Å². The molecule has 4 heteroatoms. The topological polar surface area (TPSA) is 17.1 Å². The lowest BCUT2D eigenvalue weighted by molar-refractivity contribution is -0.111. The van der Waals surface area contributed by atoms with Gasteiger partial charge in [0.1, 0.15) is 0 Å². The number of unbranched alkanes of at least 4 members (excludes halogenated alkanes) is 4. The van der Waals surface area contributed by atoms with Crippen molar-refractivity contribution in [1.29, 1.82) is 0 Å². The van der Waals surface area contributed by atoms with Crippen molar-refractivity contribution in [3.63, 3.8) is 0 Å². The Hall–Kier alpha value is 0.0200. The Balaban J connectivity index is 3.62. The minimum absolute atomic E-state index is 0.0543. The van der Waals surface area contributed by atoms with Gasteiger partial charge in [0.25, 0.3) is 0 Å². The predicted molar refractivity (Wildman–Crippen MR) is 100 cm³/mol. The first kappa shape index (κ1) is 22.0. The zero-order chi connectivity index (χ0) is 16.6. The third-order valence-electron chi connectivity index (χ3n) is 3.44. The Morgan fingerprint density at radius 1 is 0.955 bits per heavy atom. The molecule has 0 aliphatic heterocycles. The normalized spacial score (nSPS) is 14.7. The number of allylic oxidation sites excluding steroid dienone is 4. The van der Waals surface area contributed by atoms with Crippen molar-refractivity contribution in [2.24, 2.45) is 0 Å². The summed E-state index contributed by atoms with van der Waals surface area (Å²) in [4.78, 5) is 10.6. The zero-order valence-corrected chi connectivity index (χ0v) is 15.8. The lowest BCUT2D eigenvalue weighted by Gasteiger charge is -2.13. The summed E-state index contributed by atoms with van der Waals surface area (Å²) in [5.74, 6) is 0. The molecule has 0 rings (SSSR count). The molecule has 0 aromatic carbocycles. The van der Waals surface area contributed by atoms with Gasteiger partial charge in [0.05, 0.1) is 10.8 Å². The summed E-state index contributed by atoms with van der Waals surface area (Å²) in [6.45, 7) is 2.22. The molecule has 0 saturated carbocycles. The Kier molecular flexibility index (Phi) is 15.9. The van der Waals surface area contributed by atoms with Crippen LogP contribution in [-0.2, 0) is 4.79 Å². The smallest absolute Gasteiger partial charge is 0.221 e. The van der Waals surface area contributed by atoms with Gasteiger partial charge in [-0.05, 0) is 50.1 Å². The van der Waals surface area contributed by atoms with Crippen LogP contribution in [0, 0.1) is 0 Å². The molecule has 0 aromatic heterocycles. The third-order valence-corrected chi connectivity index (χ3v) is 4.76. The summed E-state index contributed by atoms with van der Waals surface area (Å²) in [5, 5.41) is -0.390. The van der Waals surface area contributed by atoms with E-state index in [0.717, 1.165) is 32.1 Å². The van der Waals surface area contributed by atoms with Gasteiger partial charge in [-0.25, -0.2) is 0 Å². The second-order valence-corrected chi connectivity index (χ2v) is 7.09. The molecule has 0 bridgehead atoms. The highest BCUT2D eigenvalue weighted by atomic mass is 35.5. The van der Waals surface area contributed by atoms with Crippen LogP contribution in [0.5, 0.6) is 0 Å². The van der Waals surface area contributed by atoms with Crippen molar-refractivity contribution in [1.82, 2.24) is 0 Å². The van der Waals surface area contributed by atoms with Crippen LogP contribution in [0.25, 0.3) is 0 Å². The highest BCUT2D eigenvalue weighted by Crippen LogP contribution is 2.20. The van der Waals surface area contributed by atoms with E-state index in [9.17, 15) is 4.79 Å². The second-order valence-electron chi connectivity index (χ2n) is 5.54. The fourth-order valence-electron chi connectivity index (χ4n) is 2.06. The van der Waals surface area contributed by atoms with Crippen LogP contribution in [-0.4, -0.2) is 16.0 Å². The molecule has 0 aliphatic rings. The van der Waals surface area contributed by atoms with E-state index in [2.05, 4.69) is 31.2 Å². The molecule has 0 saturated heterocycles. The number of hydrogen-bond donors (Lipinski definition) is 0. The maximum atomic E-state index is 10.6. The highest BCUT2D eigenvalue weighted by molar-refractivity contribution is 6.63. The van der Waals surface area contributed by atoms with Gasteiger partial charge in [0, 0.05) is 6.42 Å². The lowest BCUT2D eigenvalue weighted by atomic mass is 10.1. The summed E-state index contributed by atoms with van der Waals surface area (Å²) < 4.78 is 0. The van der Waals surface area contributed by atoms with Gasteiger partial charge in [0.15, 0.2) is 0 Å². The highest BCUT2D eigenvalue weighted by Gasteiger charge is 2.14. The Morgan fingerprint density at radius 3 is 2.36 bits per heavy atom. The Labute approximate surface area is 151 Å². The van der Waals surface area contributed by atoms with Crippen LogP contribution >= 0.6 is 34.8 Å². The maximum absolute atomic E-state index is 10.6. The molecule has 0 heterocycles. The van der Waals surface area contributed by atoms with Crippen molar-refractivity contribution in [2.45, 2.75) is 81.9 Å². The fraction of sp³-hybridized carbons (Fsp3) is 0.722. The van der Waals surface area contributed by atoms with Crippen LogP contribution in [0.15, 0.2) is 24.3 Å². The van der Waals surface area contributed by atoms with Gasteiger partial charge in [0.2, 0.25) is 5.24 Å². The third kappa shape index (κ3) is 14.9. The van der Waals surface area contributed by atoms with Crippen LogP contribution in [0.3, 0.4) is 0 Å². The second kappa shape index (κ2) is 15.9. The number of hydrogen-bond acceptors (Lipinski definition) is 1. The lowest BCUT2D eigenvalue weighted by Crippen LogP contribution is -2.14. The number of halogens is 3. The van der Waals surface area contributed by atoms with E-state index in [4.69, 9.17) is 34.8 Å². The van der Waals surface area contributed by atoms with Gasteiger partial charge < -0.3 is 0 Å². The quantitative estimate of drug-likeness (QED) is 0.140. The first-order chi connectivity index (χ1) is 10.6. The minimum atomic E-state index is -0.278. The molecule has 0 fully saturated rings.